The fraction of sp³-hybridized carbons (Fsp3) is 0.524. The molecule has 8 nitrogen and oxygen atoms in total. The van der Waals surface area contributed by atoms with Crippen LogP contribution in [0.4, 0.5) is 4.79 Å². The molecule has 1 saturated heterocycles. The minimum absolute atomic E-state index is 0.0159. The lowest BCUT2D eigenvalue weighted by Gasteiger charge is -2.29. The SMILES string of the molecule is COc1ccc2nccc(CC(=O)[C@@H]3CC[C@@H](NC(=O)OC(C)(C)C)CO3)c2n1. The number of aromatic nitrogens is 2. The Kier molecular flexibility index (Phi) is 6.32. The van der Waals surface area contributed by atoms with E-state index >= 15 is 0 Å². The zero-order valence-corrected chi connectivity index (χ0v) is 17.2. The molecule has 0 aliphatic carbocycles. The van der Waals surface area contributed by atoms with Gasteiger partial charge in [0.2, 0.25) is 5.88 Å². The van der Waals surface area contributed by atoms with Crippen molar-refractivity contribution < 1.29 is 23.8 Å². The van der Waals surface area contributed by atoms with Crippen LogP contribution in [-0.4, -0.2) is 53.3 Å². The Morgan fingerprint density at radius 3 is 2.69 bits per heavy atom. The summed E-state index contributed by atoms with van der Waals surface area (Å²) < 4.78 is 16.2. The summed E-state index contributed by atoms with van der Waals surface area (Å²) in [6, 6.07) is 5.19. The quantitative estimate of drug-likeness (QED) is 0.822. The van der Waals surface area contributed by atoms with Gasteiger partial charge in [-0.25, -0.2) is 9.78 Å². The lowest BCUT2D eigenvalue weighted by Crippen LogP contribution is -2.46. The first-order valence-corrected chi connectivity index (χ1v) is 9.67. The van der Waals surface area contributed by atoms with Crippen molar-refractivity contribution in [2.75, 3.05) is 13.7 Å². The summed E-state index contributed by atoms with van der Waals surface area (Å²) in [6.07, 6.45) is 2.09. The fourth-order valence-electron chi connectivity index (χ4n) is 3.21. The molecule has 29 heavy (non-hydrogen) atoms. The van der Waals surface area contributed by atoms with Gasteiger partial charge in [-0.1, -0.05) is 0 Å². The molecule has 1 N–H and O–H groups in total. The van der Waals surface area contributed by atoms with Gasteiger partial charge >= 0.3 is 6.09 Å². The van der Waals surface area contributed by atoms with Gasteiger partial charge in [0, 0.05) is 18.7 Å². The number of methoxy groups -OCH3 is 1. The van der Waals surface area contributed by atoms with E-state index in [0.717, 1.165) is 5.56 Å². The van der Waals surface area contributed by atoms with Gasteiger partial charge in [-0.2, -0.15) is 0 Å². The van der Waals surface area contributed by atoms with E-state index in [2.05, 4.69) is 15.3 Å². The Balaban J connectivity index is 1.58. The number of Topliss-reactive ketones (excluding diaryl/α,β-unsaturated/α-hetero) is 1. The number of ether oxygens (including phenoxy) is 3. The van der Waals surface area contributed by atoms with Crippen molar-refractivity contribution in [1.29, 1.82) is 0 Å². The van der Waals surface area contributed by atoms with Crippen LogP contribution in [0.25, 0.3) is 11.0 Å². The van der Waals surface area contributed by atoms with Crippen LogP contribution in [-0.2, 0) is 20.7 Å². The largest absolute Gasteiger partial charge is 0.481 e. The van der Waals surface area contributed by atoms with Crippen LogP contribution in [0.5, 0.6) is 5.88 Å². The average Bonchev–Trinajstić information content (AvgIpc) is 2.67. The molecule has 1 aliphatic heterocycles. The van der Waals surface area contributed by atoms with Gasteiger partial charge in [0.05, 0.1) is 30.8 Å². The number of nitrogens with zero attached hydrogens (tertiary/aromatic N) is 2. The zero-order chi connectivity index (χ0) is 21.0. The number of rotatable bonds is 5. The second kappa shape index (κ2) is 8.73. The number of hydrogen-bond donors (Lipinski definition) is 1. The van der Waals surface area contributed by atoms with Gasteiger partial charge in [-0.3, -0.25) is 9.78 Å². The van der Waals surface area contributed by atoms with Crippen molar-refractivity contribution in [2.24, 2.45) is 0 Å². The normalized spacial score (nSPS) is 19.6. The number of fused-ring (bicyclic) bond motifs is 1. The number of amides is 1. The minimum Gasteiger partial charge on any atom is -0.481 e. The summed E-state index contributed by atoms with van der Waals surface area (Å²) >= 11 is 0. The lowest BCUT2D eigenvalue weighted by molar-refractivity contribution is -0.133. The Hall–Kier alpha value is -2.74. The monoisotopic (exact) mass is 401 g/mol. The van der Waals surface area contributed by atoms with Crippen LogP contribution in [0.1, 0.15) is 39.2 Å². The molecule has 0 bridgehead atoms. The van der Waals surface area contributed by atoms with Crippen molar-refractivity contribution in [3.05, 3.63) is 30.0 Å². The first-order chi connectivity index (χ1) is 13.7. The van der Waals surface area contributed by atoms with Gasteiger partial charge in [-0.05, 0) is 51.3 Å². The average molecular weight is 401 g/mol. The molecule has 1 fully saturated rings. The number of alkyl carbamates (subject to hydrolysis) is 1. The van der Waals surface area contributed by atoms with E-state index < -0.39 is 17.8 Å². The van der Waals surface area contributed by atoms with Crippen LogP contribution in [0.15, 0.2) is 24.4 Å². The van der Waals surface area contributed by atoms with Gasteiger partial charge in [0.15, 0.2) is 5.78 Å². The predicted molar refractivity (Wildman–Crippen MR) is 107 cm³/mol. The van der Waals surface area contributed by atoms with Crippen LogP contribution in [0.3, 0.4) is 0 Å². The van der Waals surface area contributed by atoms with Crippen molar-refractivity contribution >= 4 is 22.9 Å². The van der Waals surface area contributed by atoms with Gasteiger partial charge in [-0.15, -0.1) is 0 Å². The smallest absolute Gasteiger partial charge is 0.407 e. The highest BCUT2D eigenvalue weighted by Crippen LogP contribution is 2.22. The molecule has 2 aromatic heterocycles. The van der Waals surface area contributed by atoms with Crippen LogP contribution < -0.4 is 10.1 Å². The Morgan fingerprint density at radius 1 is 1.24 bits per heavy atom. The molecule has 0 unspecified atom stereocenters. The number of ketones is 1. The van der Waals surface area contributed by atoms with Gasteiger partial charge in [0.25, 0.3) is 0 Å². The van der Waals surface area contributed by atoms with Gasteiger partial charge in [0.1, 0.15) is 11.7 Å². The maximum atomic E-state index is 12.8. The van der Waals surface area contributed by atoms with E-state index in [1.165, 1.54) is 0 Å². The molecule has 8 heteroatoms. The fourth-order valence-corrected chi connectivity index (χ4v) is 3.21. The first kappa shape index (κ1) is 21.0. The molecule has 3 heterocycles. The van der Waals surface area contributed by atoms with E-state index in [-0.39, 0.29) is 24.9 Å². The molecule has 0 spiro atoms. The molecule has 2 aromatic rings. The lowest BCUT2D eigenvalue weighted by atomic mass is 9.97. The summed E-state index contributed by atoms with van der Waals surface area (Å²) in [6.45, 7) is 5.71. The van der Waals surface area contributed by atoms with E-state index in [0.29, 0.717) is 29.8 Å². The Morgan fingerprint density at radius 2 is 2.03 bits per heavy atom. The number of nitrogens with one attached hydrogen (secondary N) is 1. The Labute approximate surface area is 170 Å². The van der Waals surface area contributed by atoms with Crippen LogP contribution in [0.2, 0.25) is 0 Å². The second-order valence-corrected chi connectivity index (χ2v) is 8.08. The highest BCUT2D eigenvalue weighted by molar-refractivity contribution is 5.89. The molecular weight excluding hydrogens is 374 g/mol. The van der Waals surface area contributed by atoms with Crippen molar-refractivity contribution in [1.82, 2.24) is 15.3 Å². The third-order valence-corrected chi connectivity index (χ3v) is 4.57. The maximum absolute atomic E-state index is 12.8. The second-order valence-electron chi connectivity index (χ2n) is 8.08. The Bertz CT molecular complexity index is 886. The molecule has 1 aliphatic rings. The number of carbonyl (C=O) groups is 2. The summed E-state index contributed by atoms with van der Waals surface area (Å²) in [5.74, 6) is 0.460. The summed E-state index contributed by atoms with van der Waals surface area (Å²) in [5, 5.41) is 2.79. The molecule has 0 aromatic carbocycles. The van der Waals surface area contributed by atoms with E-state index in [1.807, 2.05) is 26.8 Å². The van der Waals surface area contributed by atoms with E-state index in [9.17, 15) is 9.59 Å². The topological polar surface area (TPSA) is 99.6 Å². The number of pyridine rings is 2. The zero-order valence-electron chi connectivity index (χ0n) is 17.2. The van der Waals surface area contributed by atoms with Crippen LogP contribution >= 0.6 is 0 Å². The molecular formula is C21H27N3O5. The first-order valence-electron chi connectivity index (χ1n) is 9.67. The summed E-state index contributed by atoms with van der Waals surface area (Å²) in [5.41, 5.74) is 1.60. The van der Waals surface area contributed by atoms with Crippen molar-refractivity contribution in [3.63, 3.8) is 0 Å². The van der Waals surface area contributed by atoms with Gasteiger partial charge < -0.3 is 19.5 Å². The highest BCUT2D eigenvalue weighted by Gasteiger charge is 2.29. The third kappa shape index (κ3) is 5.63. The molecule has 0 radical (unpaired) electrons. The predicted octanol–water partition coefficient (Wildman–Crippen LogP) is 2.82. The van der Waals surface area contributed by atoms with Crippen LogP contribution in [0, 0.1) is 0 Å². The highest BCUT2D eigenvalue weighted by atomic mass is 16.6. The third-order valence-electron chi connectivity index (χ3n) is 4.57. The maximum Gasteiger partial charge on any atom is 0.407 e. The van der Waals surface area contributed by atoms with Crippen molar-refractivity contribution in [3.8, 4) is 5.88 Å². The molecule has 156 valence electrons. The summed E-state index contributed by atoms with van der Waals surface area (Å²) in [7, 11) is 1.55. The van der Waals surface area contributed by atoms with E-state index in [4.69, 9.17) is 14.2 Å². The van der Waals surface area contributed by atoms with E-state index in [1.54, 1.807) is 25.4 Å². The molecule has 2 atom stereocenters. The standard InChI is InChI=1S/C21H27N3O5/c1-21(2,3)29-20(26)23-14-5-7-17(28-12-14)16(25)11-13-9-10-22-15-6-8-18(27-4)24-19(13)15/h6,8-10,14,17H,5,7,11-12H2,1-4H3,(H,23,26)/t14-,17+/m1/s1. The number of carbonyl (C=O) groups excluding carboxylic acids is 2. The van der Waals surface area contributed by atoms with Crippen molar-refractivity contribution in [2.45, 2.75) is 57.8 Å². The summed E-state index contributed by atoms with van der Waals surface area (Å²) in [4.78, 5) is 33.4. The molecule has 1 amide bonds. The minimum atomic E-state index is -0.553. The molecule has 0 saturated carbocycles. The number of hydrogen-bond acceptors (Lipinski definition) is 7. The molecule has 3 rings (SSSR count).